The molecule has 0 radical (unpaired) electrons. The number of furan rings is 1. The van der Waals surface area contributed by atoms with Crippen molar-refractivity contribution in [2.45, 2.75) is 13.5 Å². The Balaban J connectivity index is 1.40. The molecule has 2 aromatic carbocycles. The predicted octanol–water partition coefficient (Wildman–Crippen LogP) is 4.06. The average Bonchev–Trinajstić information content (AvgIpc) is 2.97. The highest BCUT2D eigenvalue weighted by Crippen LogP contribution is 2.22. The van der Waals surface area contributed by atoms with E-state index < -0.39 is 0 Å². The monoisotopic (exact) mass is 306 g/mol. The zero-order valence-corrected chi connectivity index (χ0v) is 13.5. The molecule has 0 unspecified atom stereocenters. The summed E-state index contributed by atoms with van der Waals surface area (Å²) in [6, 6.07) is 19.2. The number of fused-ring (bicyclic) bond motifs is 1. The molecule has 4 rings (SSSR count). The molecular weight excluding hydrogens is 284 g/mol. The van der Waals surface area contributed by atoms with Gasteiger partial charge < -0.3 is 9.32 Å². The van der Waals surface area contributed by atoms with Crippen molar-refractivity contribution >= 4 is 16.7 Å². The first-order valence-corrected chi connectivity index (χ1v) is 8.29. The third kappa shape index (κ3) is 3.10. The van der Waals surface area contributed by atoms with Gasteiger partial charge in [0.25, 0.3) is 0 Å². The molecule has 0 amide bonds. The first-order valence-electron chi connectivity index (χ1n) is 8.29. The highest BCUT2D eigenvalue weighted by molar-refractivity contribution is 5.78. The summed E-state index contributed by atoms with van der Waals surface area (Å²) >= 11 is 0. The largest absolute Gasteiger partial charge is 0.460 e. The molecule has 0 atom stereocenters. The number of nitrogens with zero attached hydrogens (tertiary/aromatic N) is 2. The first-order chi connectivity index (χ1) is 11.3. The van der Waals surface area contributed by atoms with Crippen LogP contribution in [0.5, 0.6) is 0 Å². The Morgan fingerprint density at radius 1 is 0.913 bits per heavy atom. The average molecular weight is 306 g/mol. The Labute approximate surface area is 137 Å². The summed E-state index contributed by atoms with van der Waals surface area (Å²) in [6.45, 7) is 7.31. The number of hydrogen-bond donors (Lipinski definition) is 0. The molecule has 1 aliphatic heterocycles. The molecule has 0 spiro atoms. The van der Waals surface area contributed by atoms with Gasteiger partial charge in [-0.3, -0.25) is 4.90 Å². The number of aryl methyl sites for hydroxylation is 1. The van der Waals surface area contributed by atoms with Crippen LogP contribution < -0.4 is 4.90 Å². The van der Waals surface area contributed by atoms with Crippen LogP contribution in [0.3, 0.4) is 0 Å². The van der Waals surface area contributed by atoms with E-state index in [1.807, 2.05) is 0 Å². The number of hydrogen-bond acceptors (Lipinski definition) is 3. The van der Waals surface area contributed by atoms with Gasteiger partial charge in [0.2, 0.25) is 0 Å². The summed E-state index contributed by atoms with van der Waals surface area (Å²) in [5, 5.41) is 1.21. The molecule has 1 fully saturated rings. The summed E-state index contributed by atoms with van der Waals surface area (Å²) in [5.41, 5.74) is 3.60. The molecule has 3 aromatic rings. The quantitative estimate of drug-likeness (QED) is 0.727. The molecule has 0 saturated carbocycles. The molecule has 118 valence electrons. The van der Waals surface area contributed by atoms with E-state index in [1.165, 1.54) is 16.6 Å². The summed E-state index contributed by atoms with van der Waals surface area (Å²) in [5.74, 6) is 1.07. The highest BCUT2D eigenvalue weighted by Gasteiger charge is 2.18. The fourth-order valence-electron chi connectivity index (χ4n) is 3.32. The fourth-order valence-corrected chi connectivity index (χ4v) is 3.32. The van der Waals surface area contributed by atoms with Crippen molar-refractivity contribution < 1.29 is 4.42 Å². The maximum Gasteiger partial charge on any atom is 0.134 e. The van der Waals surface area contributed by atoms with Crippen LogP contribution in [0.1, 0.15) is 11.3 Å². The Hall–Kier alpha value is -2.26. The van der Waals surface area contributed by atoms with Gasteiger partial charge >= 0.3 is 0 Å². The van der Waals surface area contributed by atoms with E-state index >= 15 is 0 Å². The van der Waals surface area contributed by atoms with Crippen molar-refractivity contribution in [3.63, 3.8) is 0 Å². The van der Waals surface area contributed by atoms with E-state index in [1.54, 1.807) is 0 Å². The lowest BCUT2D eigenvalue weighted by molar-refractivity contribution is 0.233. The Morgan fingerprint density at radius 2 is 1.70 bits per heavy atom. The van der Waals surface area contributed by atoms with Crippen LogP contribution in [0, 0.1) is 6.92 Å². The molecule has 1 saturated heterocycles. The lowest BCUT2D eigenvalue weighted by Gasteiger charge is -2.35. The maximum atomic E-state index is 5.98. The fraction of sp³-hybridized carbons (Fsp3) is 0.300. The molecule has 1 aromatic heterocycles. The Kier molecular flexibility index (Phi) is 3.80. The molecule has 0 bridgehead atoms. The van der Waals surface area contributed by atoms with Gasteiger partial charge in [0, 0.05) is 37.3 Å². The standard InChI is InChI=1S/C20H22N2O/c1-16-7-8-20-17(13-16)14-19(23-20)15-21-9-11-22(12-10-21)18-5-3-2-4-6-18/h2-8,13-14H,9-12,15H2,1H3. The number of piperazine rings is 1. The molecule has 0 N–H and O–H groups in total. The molecule has 0 aliphatic carbocycles. The van der Waals surface area contributed by atoms with Gasteiger partial charge in [-0.05, 0) is 37.3 Å². The van der Waals surface area contributed by atoms with E-state index in [9.17, 15) is 0 Å². The molecule has 3 heteroatoms. The molecule has 3 nitrogen and oxygen atoms in total. The number of anilines is 1. The van der Waals surface area contributed by atoms with E-state index in [4.69, 9.17) is 4.42 Å². The van der Waals surface area contributed by atoms with E-state index in [2.05, 4.69) is 71.3 Å². The van der Waals surface area contributed by atoms with Gasteiger partial charge in [-0.15, -0.1) is 0 Å². The van der Waals surface area contributed by atoms with Crippen molar-refractivity contribution in [1.82, 2.24) is 4.90 Å². The second-order valence-electron chi connectivity index (χ2n) is 6.35. The third-order valence-corrected chi connectivity index (χ3v) is 4.60. The normalized spacial score (nSPS) is 16.1. The van der Waals surface area contributed by atoms with E-state index in [-0.39, 0.29) is 0 Å². The SMILES string of the molecule is Cc1ccc2oc(CN3CCN(c4ccccc4)CC3)cc2c1. The summed E-state index contributed by atoms with van der Waals surface area (Å²) in [4.78, 5) is 4.93. The van der Waals surface area contributed by atoms with Crippen LogP contribution in [0.2, 0.25) is 0 Å². The van der Waals surface area contributed by atoms with E-state index in [0.717, 1.165) is 44.1 Å². The van der Waals surface area contributed by atoms with Gasteiger partial charge in [0.05, 0.1) is 6.54 Å². The minimum absolute atomic E-state index is 0.899. The highest BCUT2D eigenvalue weighted by atomic mass is 16.3. The van der Waals surface area contributed by atoms with Crippen LogP contribution in [0.15, 0.2) is 59.0 Å². The lowest BCUT2D eigenvalue weighted by Crippen LogP contribution is -2.45. The topological polar surface area (TPSA) is 19.6 Å². The first kappa shape index (κ1) is 14.3. The Morgan fingerprint density at radius 3 is 2.48 bits per heavy atom. The lowest BCUT2D eigenvalue weighted by atomic mass is 10.2. The third-order valence-electron chi connectivity index (χ3n) is 4.60. The van der Waals surface area contributed by atoms with Crippen molar-refractivity contribution in [3.8, 4) is 0 Å². The number of benzene rings is 2. The van der Waals surface area contributed by atoms with Crippen LogP contribution in [0.4, 0.5) is 5.69 Å². The van der Waals surface area contributed by atoms with E-state index in [0.29, 0.717) is 0 Å². The molecular formula is C20H22N2O. The van der Waals surface area contributed by atoms with Crippen molar-refractivity contribution in [3.05, 3.63) is 65.9 Å². The number of para-hydroxylation sites is 1. The summed E-state index contributed by atoms with van der Waals surface area (Å²) in [7, 11) is 0. The van der Waals surface area contributed by atoms with Crippen molar-refractivity contribution in [2.24, 2.45) is 0 Å². The predicted molar refractivity (Wildman–Crippen MR) is 94.9 cm³/mol. The van der Waals surface area contributed by atoms with Crippen LogP contribution >= 0.6 is 0 Å². The smallest absolute Gasteiger partial charge is 0.134 e. The summed E-state index contributed by atoms with van der Waals surface area (Å²) in [6.07, 6.45) is 0. The summed E-state index contributed by atoms with van der Waals surface area (Å²) < 4.78 is 5.98. The van der Waals surface area contributed by atoms with Gasteiger partial charge in [-0.25, -0.2) is 0 Å². The van der Waals surface area contributed by atoms with Gasteiger partial charge in [0.15, 0.2) is 0 Å². The minimum atomic E-state index is 0.899. The van der Waals surface area contributed by atoms with Crippen molar-refractivity contribution in [2.75, 3.05) is 31.1 Å². The van der Waals surface area contributed by atoms with Gasteiger partial charge in [0.1, 0.15) is 11.3 Å². The second kappa shape index (κ2) is 6.09. The Bertz CT molecular complexity index is 786. The maximum absolute atomic E-state index is 5.98. The molecule has 1 aliphatic rings. The zero-order chi connectivity index (χ0) is 15.6. The van der Waals surface area contributed by atoms with Crippen LogP contribution in [0.25, 0.3) is 11.0 Å². The van der Waals surface area contributed by atoms with Crippen molar-refractivity contribution in [1.29, 1.82) is 0 Å². The molecule has 23 heavy (non-hydrogen) atoms. The zero-order valence-electron chi connectivity index (χ0n) is 13.5. The molecule has 2 heterocycles. The second-order valence-corrected chi connectivity index (χ2v) is 6.35. The van der Waals surface area contributed by atoms with Gasteiger partial charge in [-0.2, -0.15) is 0 Å². The van der Waals surface area contributed by atoms with Crippen LogP contribution in [-0.2, 0) is 6.54 Å². The minimum Gasteiger partial charge on any atom is -0.460 e. The number of rotatable bonds is 3. The van der Waals surface area contributed by atoms with Crippen LogP contribution in [-0.4, -0.2) is 31.1 Å². The van der Waals surface area contributed by atoms with Gasteiger partial charge in [-0.1, -0.05) is 29.8 Å².